The minimum atomic E-state index is 0.139. The van der Waals surface area contributed by atoms with Gasteiger partial charge in [-0.25, -0.2) is 0 Å². The van der Waals surface area contributed by atoms with Crippen LogP contribution in [0.25, 0.3) is 11.1 Å². The fourth-order valence-electron chi connectivity index (χ4n) is 2.11. The van der Waals surface area contributed by atoms with E-state index in [1.807, 2.05) is 6.07 Å². The largest absolute Gasteiger partial charge is 0.324 e. The fraction of sp³-hybridized carbons (Fsp3) is 0.294. The van der Waals surface area contributed by atoms with E-state index in [1.165, 1.54) is 16.7 Å². The van der Waals surface area contributed by atoms with Crippen LogP contribution in [0.3, 0.4) is 0 Å². The van der Waals surface area contributed by atoms with Crippen LogP contribution in [-0.2, 0) is 0 Å². The Labute approximate surface area is 110 Å². The Morgan fingerprint density at radius 1 is 0.889 bits per heavy atom. The second-order valence-corrected chi connectivity index (χ2v) is 4.90. The summed E-state index contributed by atoms with van der Waals surface area (Å²) in [6.45, 7) is 4.39. The van der Waals surface area contributed by atoms with Crippen LogP contribution < -0.4 is 5.73 Å². The molecule has 2 aromatic rings. The molecule has 0 heterocycles. The molecule has 18 heavy (non-hydrogen) atoms. The molecule has 0 amide bonds. The van der Waals surface area contributed by atoms with Gasteiger partial charge in [0.1, 0.15) is 0 Å². The van der Waals surface area contributed by atoms with Crippen molar-refractivity contribution in [1.29, 1.82) is 0 Å². The van der Waals surface area contributed by atoms with Gasteiger partial charge in [-0.3, -0.25) is 0 Å². The van der Waals surface area contributed by atoms with Gasteiger partial charge in [0, 0.05) is 6.04 Å². The molecule has 0 saturated heterocycles. The smallest absolute Gasteiger partial charge is 0.0320 e. The third kappa shape index (κ3) is 2.80. The maximum absolute atomic E-state index is 6.24. The van der Waals surface area contributed by atoms with Gasteiger partial charge in [-0.1, -0.05) is 74.9 Å². The number of nitrogens with two attached hydrogens (primary N) is 1. The highest BCUT2D eigenvalue weighted by Gasteiger charge is 2.12. The van der Waals surface area contributed by atoms with Crippen LogP contribution in [0, 0.1) is 5.92 Å². The summed E-state index contributed by atoms with van der Waals surface area (Å²) < 4.78 is 0. The Bertz CT molecular complexity index is 473. The standard InChI is InChI=1S/C17H21N/c1-3-13(2)17(18)16-11-9-15(10-12-16)14-7-5-4-6-8-14/h4-13,17H,3,18H2,1-2H3/t13?,17-/m1/s1. The van der Waals surface area contributed by atoms with Crippen molar-refractivity contribution < 1.29 is 0 Å². The Morgan fingerprint density at radius 3 is 2.00 bits per heavy atom. The molecule has 2 rings (SSSR count). The summed E-state index contributed by atoms with van der Waals surface area (Å²) in [6.07, 6.45) is 1.11. The zero-order chi connectivity index (χ0) is 13.0. The number of rotatable bonds is 4. The highest BCUT2D eigenvalue weighted by atomic mass is 14.6. The molecule has 0 aromatic heterocycles. The van der Waals surface area contributed by atoms with E-state index >= 15 is 0 Å². The zero-order valence-electron chi connectivity index (χ0n) is 11.1. The summed E-state index contributed by atoms with van der Waals surface area (Å²) in [6, 6.07) is 19.2. The van der Waals surface area contributed by atoms with Crippen molar-refractivity contribution in [2.24, 2.45) is 11.7 Å². The van der Waals surface area contributed by atoms with E-state index in [0.717, 1.165) is 6.42 Å². The van der Waals surface area contributed by atoms with Crippen molar-refractivity contribution in [2.75, 3.05) is 0 Å². The second kappa shape index (κ2) is 5.83. The predicted octanol–water partition coefficient (Wildman–Crippen LogP) is 4.40. The quantitative estimate of drug-likeness (QED) is 0.840. The van der Waals surface area contributed by atoms with Gasteiger partial charge in [0.2, 0.25) is 0 Å². The molecule has 0 aliphatic carbocycles. The number of hydrogen-bond donors (Lipinski definition) is 1. The fourth-order valence-corrected chi connectivity index (χ4v) is 2.11. The Hall–Kier alpha value is -1.60. The first kappa shape index (κ1) is 12.8. The molecule has 1 nitrogen and oxygen atoms in total. The van der Waals surface area contributed by atoms with Gasteiger partial charge >= 0.3 is 0 Å². The average molecular weight is 239 g/mol. The SMILES string of the molecule is CCC(C)[C@@H](N)c1ccc(-c2ccccc2)cc1. The molecule has 2 atom stereocenters. The van der Waals surface area contributed by atoms with Gasteiger partial charge in [0.05, 0.1) is 0 Å². The van der Waals surface area contributed by atoms with E-state index in [2.05, 4.69) is 62.4 Å². The molecule has 0 saturated carbocycles. The summed E-state index contributed by atoms with van der Waals surface area (Å²) in [4.78, 5) is 0. The molecule has 1 unspecified atom stereocenters. The molecule has 1 heteroatoms. The Balaban J connectivity index is 2.20. The van der Waals surface area contributed by atoms with Crippen molar-refractivity contribution in [2.45, 2.75) is 26.3 Å². The lowest BCUT2D eigenvalue weighted by Gasteiger charge is -2.18. The van der Waals surface area contributed by atoms with Gasteiger partial charge in [-0.15, -0.1) is 0 Å². The van der Waals surface area contributed by atoms with E-state index < -0.39 is 0 Å². The maximum Gasteiger partial charge on any atom is 0.0320 e. The minimum Gasteiger partial charge on any atom is -0.324 e. The van der Waals surface area contributed by atoms with E-state index in [9.17, 15) is 0 Å². The van der Waals surface area contributed by atoms with Gasteiger partial charge in [0.15, 0.2) is 0 Å². The van der Waals surface area contributed by atoms with Crippen molar-refractivity contribution in [1.82, 2.24) is 0 Å². The monoisotopic (exact) mass is 239 g/mol. The van der Waals surface area contributed by atoms with Gasteiger partial charge < -0.3 is 5.73 Å². The Kier molecular flexibility index (Phi) is 4.16. The summed E-state index contributed by atoms with van der Waals surface area (Å²) in [7, 11) is 0. The van der Waals surface area contributed by atoms with Gasteiger partial charge in [-0.2, -0.15) is 0 Å². The first-order chi connectivity index (χ1) is 8.72. The normalized spacial score (nSPS) is 14.2. The molecular weight excluding hydrogens is 218 g/mol. The highest BCUT2D eigenvalue weighted by molar-refractivity contribution is 5.63. The number of hydrogen-bond acceptors (Lipinski definition) is 1. The lowest BCUT2D eigenvalue weighted by Crippen LogP contribution is -2.18. The molecule has 2 aromatic carbocycles. The van der Waals surface area contributed by atoms with Crippen LogP contribution in [0.4, 0.5) is 0 Å². The third-order valence-electron chi connectivity index (χ3n) is 3.66. The van der Waals surface area contributed by atoms with Crippen LogP contribution in [0.5, 0.6) is 0 Å². The second-order valence-electron chi connectivity index (χ2n) is 4.90. The van der Waals surface area contributed by atoms with Crippen LogP contribution in [0.15, 0.2) is 54.6 Å². The van der Waals surface area contributed by atoms with Crippen LogP contribution in [0.2, 0.25) is 0 Å². The topological polar surface area (TPSA) is 26.0 Å². The predicted molar refractivity (Wildman–Crippen MR) is 78.3 cm³/mol. The van der Waals surface area contributed by atoms with Gasteiger partial charge in [-0.05, 0) is 22.6 Å². The lowest BCUT2D eigenvalue weighted by atomic mass is 9.92. The zero-order valence-corrected chi connectivity index (χ0v) is 11.1. The van der Waals surface area contributed by atoms with E-state index in [0.29, 0.717) is 5.92 Å². The molecule has 0 spiro atoms. The summed E-state index contributed by atoms with van der Waals surface area (Å²) >= 11 is 0. The van der Waals surface area contributed by atoms with Crippen molar-refractivity contribution in [3.63, 3.8) is 0 Å². The number of benzene rings is 2. The average Bonchev–Trinajstić information content (AvgIpc) is 2.47. The van der Waals surface area contributed by atoms with Gasteiger partial charge in [0.25, 0.3) is 0 Å². The molecular formula is C17H21N. The van der Waals surface area contributed by atoms with Crippen LogP contribution >= 0.6 is 0 Å². The van der Waals surface area contributed by atoms with Crippen LogP contribution in [0.1, 0.15) is 31.9 Å². The summed E-state index contributed by atoms with van der Waals surface area (Å²) in [5.74, 6) is 0.521. The molecule has 0 radical (unpaired) electrons. The van der Waals surface area contributed by atoms with Crippen molar-refractivity contribution >= 4 is 0 Å². The Morgan fingerprint density at radius 2 is 1.44 bits per heavy atom. The minimum absolute atomic E-state index is 0.139. The third-order valence-corrected chi connectivity index (χ3v) is 3.66. The van der Waals surface area contributed by atoms with E-state index in [4.69, 9.17) is 5.73 Å². The molecule has 0 bridgehead atoms. The molecule has 0 aliphatic heterocycles. The lowest BCUT2D eigenvalue weighted by molar-refractivity contribution is 0.457. The first-order valence-electron chi connectivity index (χ1n) is 6.63. The summed E-state index contributed by atoms with van der Waals surface area (Å²) in [5.41, 5.74) is 9.96. The first-order valence-corrected chi connectivity index (χ1v) is 6.63. The van der Waals surface area contributed by atoms with E-state index in [-0.39, 0.29) is 6.04 Å². The van der Waals surface area contributed by atoms with E-state index in [1.54, 1.807) is 0 Å². The maximum atomic E-state index is 6.24. The van der Waals surface area contributed by atoms with Crippen LogP contribution in [-0.4, -0.2) is 0 Å². The highest BCUT2D eigenvalue weighted by Crippen LogP contribution is 2.25. The molecule has 2 N–H and O–H groups in total. The molecule has 94 valence electrons. The van der Waals surface area contributed by atoms with Crippen molar-refractivity contribution in [3.8, 4) is 11.1 Å². The molecule has 0 aliphatic rings. The molecule has 0 fully saturated rings. The van der Waals surface area contributed by atoms with Crippen molar-refractivity contribution in [3.05, 3.63) is 60.2 Å². The summed E-state index contributed by atoms with van der Waals surface area (Å²) in [5, 5.41) is 0.